The number of halogens is 1. The summed E-state index contributed by atoms with van der Waals surface area (Å²) in [7, 11) is 0. The fourth-order valence-corrected chi connectivity index (χ4v) is 5.43. The third-order valence-electron chi connectivity index (χ3n) is 4.98. The number of rotatable bonds is 4. The zero-order valence-electron chi connectivity index (χ0n) is 15.8. The molecule has 6 nitrogen and oxygen atoms in total. The fraction of sp³-hybridized carbons (Fsp3) is 0.238. The maximum atomic E-state index is 13.0. The molecule has 2 N–H and O–H groups in total. The first-order chi connectivity index (χ1) is 14.5. The molecular weight excluding hydrogens is 438 g/mol. The number of aromatic nitrogens is 2. The minimum atomic E-state index is -0.519. The maximum absolute atomic E-state index is 13.0. The Bertz CT molecular complexity index is 1150. The van der Waals surface area contributed by atoms with Crippen molar-refractivity contribution in [2.24, 2.45) is 5.73 Å². The van der Waals surface area contributed by atoms with Crippen molar-refractivity contribution in [1.29, 1.82) is 5.26 Å². The summed E-state index contributed by atoms with van der Waals surface area (Å²) in [6, 6.07) is 9.40. The van der Waals surface area contributed by atoms with Crippen molar-refractivity contribution in [1.82, 2.24) is 10.2 Å². The number of carbonyl (C=O) groups excluding carboxylic acids is 1. The normalized spacial score (nSPS) is 18.8. The molecule has 1 aliphatic heterocycles. The van der Waals surface area contributed by atoms with Crippen LogP contribution in [-0.2, 0) is 4.79 Å². The van der Waals surface area contributed by atoms with Crippen LogP contribution in [0.1, 0.15) is 30.7 Å². The van der Waals surface area contributed by atoms with E-state index in [1.807, 2.05) is 12.1 Å². The number of nitrogens with two attached hydrogens (primary N) is 1. The Morgan fingerprint density at radius 3 is 2.80 bits per heavy atom. The Kier molecular flexibility index (Phi) is 5.83. The molecule has 4 rings (SSSR count). The highest BCUT2D eigenvalue weighted by Gasteiger charge is 2.41. The van der Waals surface area contributed by atoms with Gasteiger partial charge >= 0.3 is 0 Å². The van der Waals surface area contributed by atoms with E-state index >= 15 is 0 Å². The number of nitrogens with zero attached hydrogens (tertiary/aromatic N) is 4. The molecule has 1 unspecified atom stereocenters. The number of allylic oxidation sites excluding steroid dienone is 3. The lowest BCUT2D eigenvalue weighted by molar-refractivity contribution is -0.116. The van der Waals surface area contributed by atoms with Crippen LogP contribution in [0.4, 0.5) is 5.13 Å². The molecule has 0 radical (unpaired) electrons. The predicted molar refractivity (Wildman–Crippen MR) is 119 cm³/mol. The Labute approximate surface area is 187 Å². The number of hydrogen-bond acceptors (Lipinski definition) is 8. The van der Waals surface area contributed by atoms with Crippen molar-refractivity contribution in [3.8, 4) is 18.4 Å². The molecule has 2 aromatic rings. The molecule has 9 heteroatoms. The molecule has 0 saturated heterocycles. The van der Waals surface area contributed by atoms with E-state index in [4.69, 9.17) is 23.8 Å². The average molecular weight is 454 g/mol. The Morgan fingerprint density at radius 2 is 2.10 bits per heavy atom. The number of ketones is 1. The van der Waals surface area contributed by atoms with Gasteiger partial charge in [0, 0.05) is 22.7 Å². The van der Waals surface area contributed by atoms with Crippen molar-refractivity contribution in [3.05, 3.63) is 57.5 Å². The summed E-state index contributed by atoms with van der Waals surface area (Å²) < 4.78 is 0.707. The van der Waals surface area contributed by atoms with Gasteiger partial charge in [0.2, 0.25) is 5.13 Å². The number of hydrogen-bond donors (Lipinski definition) is 1. The lowest BCUT2D eigenvalue weighted by atomic mass is 9.76. The van der Waals surface area contributed by atoms with E-state index in [-0.39, 0.29) is 11.6 Å². The van der Waals surface area contributed by atoms with Crippen LogP contribution in [0.5, 0.6) is 0 Å². The van der Waals surface area contributed by atoms with Crippen molar-refractivity contribution < 1.29 is 4.79 Å². The Hall–Kier alpha value is -2.78. The molecule has 30 heavy (non-hydrogen) atoms. The van der Waals surface area contributed by atoms with Gasteiger partial charge in [0.25, 0.3) is 0 Å². The molecule has 2 aliphatic rings. The fourth-order valence-electron chi connectivity index (χ4n) is 3.75. The van der Waals surface area contributed by atoms with Crippen LogP contribution < -0.4 is 10.6 Å². The highest BCUT2D eigenvalue weighted by atomic mass is 35.5. The first-order valence-electron chi connectivity index (χ1n) is 9.16. The van der Waals surface area contributed by atoms with Gasteiger partial charge in [-0.3, -0.25) is 9.69 Å². The highest BCUT2D eigenvalue weighted by Crippen LogP contribution is 2.47. The first-order valence-corrected chi connectivity index (χ1v) is 11.3. The number of nitriles is 1. The maximum Gasteiger partial charge on any atom is 0.219 e. The molecular formula is C21H16ClN5OS2. The minimum absolute atomic E-state index is 0.0212. The quantitative estimate of drug-likeness (QED) is 0.546. The van der Waals surface area contributed by atoms with Crippen molar-refractivity contribution in [3.63, 3.8) is 0 Å². The van der Waals surface area contributed by atoms with Crippen LogP contribution in [0, 0.1) is 23.7 Å². The molecule has 1 aromatic carbocycles. The number of benzene rings is 1. The van der Waals surface area contributed by atoms with Crippen LogP contribution in [-0.4, -0.2) is 21.7 Å². The first kappa shape index (κ1) is 20.5. The van der Waals surface area contributed by atoms with E-state index in [9.17, 15) is 10.1 Å². The molecule has 0 bridgehead atoms. The molecule has 0 spiro atoms. The summed E-state index contributed by atoms with van der Waals surface area (Å²) in [6.07, 6.45) is 7.14. The lowest BCUT2D eigenvalue weighted by Gasteiger charge is -2.38. The average Bonchev–Trinajstić information content (AvgIpc) is 3.20. The zero-order chi connectivity index (χ0) is 21.3. The van der Waals surface area contributed by atoms with E-state index in [1.165, 1.54) is 23.1 Å². The van der Waals surface area contributed by atoms with Gasteiger partial charge in [-0.15, -0.1) is 16.6 Å². The molecule has 0 saturated carbocycles. The van der Waals surface area contributed by atoms with E-state index < -0.39 is 5.92 Å². The molecule has 2 heterocycles. The molecule has 0 amide bonds. The second kappa shape index (κ2) is 8.53. The summed E-state index contributed by atoms with van der Waals surface area (Å²) in [4.78, 5) is 14.7. The van der Waals surface area contributed by atoms with Gasteiger partial charge in [0.05, 0.1) is 23.3 Å². The van der Waals surface area contributed by atoms with Gasteiger partial charge in [-0.05, 0) is 30.5 Å². The molecule has 1 atom stereocenters. The Balaban J connectivity index is 1.87. The zero-order valence-corrected chi connectivity index (χ0v) is 18.2. The number of terminal acetylenes is 1. The number of carbonyl (C=O) groups is 1. The Morgan fingerprint density at radius 1 is 1.33 bits per heavy atom. The molecule has 0 fully saturated rings. The van der Waals surface area contributed by atoms with Gasteiger partial charge in [0.15, 0.2) is 10.1 Å². The van der Waals surface area contributed by atoms with Crippen molar-refractivity contribution in [2.45, 2.75) is 29.5 Å². The van der Waals surface area contributed by atoms with Crippen LogP contribution in [0.2, 0.25) is 5.02 Å². The largest absolute Gasteiger partial charge is 0.384 e. The third kappa shape index (κ3) is 3.59. The van der Waals surface area contributed by atoms with Gasteiger partial charge in [-0.25, -0.2) is 0 Å². The summed E-state index contributed by atoms with van der Waals surface area (Å²) in [6.45, 7) is 0. The third-order valence-corrected chi connectivity index (χ3v) is 7.18. The second-order valence-corrected chi connectivity index (χ2v) is 9.33. The highest BCUT2D eigenvalue weighted by molar-refractivity contribution is 8.01. The van der Waals surface area contributed by atoms with E-state index in [0.29, 0.717) is 50.7 Å². The van der Waals surface area contributed by atoms with Crippen LogP contribution in [0.3, 0.4) is 0 Å². The minimum Gasteiger partial charge on any atom is -0.384 e. The smallest absolute Gasteiger partial charge is 0.219 e. The lowest BCUT2D eigenvalue weighted by Crippen LogP contribution is -2.38. The predicted octanol–water partition coefficient (Wildman–Crippen LogP) is 4.22. The van der Waals surface area contributed by atoms with Crippen LogP contribution >= 0.6 is 34.7 Å². The standard InChI is InChI=1S/C21H16ClN5OS2/c1-2-10-29-21-26-25-20(30-21)27-15-4-3-5-16(28)18(15)17(14(11-23)19(27)24)12-6-8-13(22)9-7-12/h1,6-9,17H,3-5,10,24H2. The van der Waals surface area contributed by atoms with Crippen molar-refractivity contribution >= 4 is 45.6 Å². The number of anilines is 1. The van der Waals surface area contributed by atoms with Crippen LogP contribution in [0.15, 0.2) is 51.3 Å². The van der Waals surface area contributed by atoms with E-state index in [2.05, 4.69) is 22.2 Å². The summed E-state index contributed by atoms with van der Waals surface area (Å²) in [5.74, 6) is 2.81. The van der Waals surface area contributed by atoms with Crippen molar-refractivity contribution in [2.75, 3.05) is 10.7 Å². The van der Waals surface area contributed by atoms with Gasteiger partial charge in [0.1, 0.15) is 5.82 Å². The summed E-state index contributed by atoms with van der Waals surface area (Å²) in [5, 5.41) is 19.5. The summed E-state index contributed by atoms with van der Waals surface area (Å²) in [5.41, 5.74) is 9.01. The topological polar surface area (TPSA) is 95.9 Å². The molecule has 1 aliphatic carbocycles. The van der Waals surface area contributed by atoms with E-state index in [0.717, 1.165) is 11.3 Å². The SMILES string of the molecule is C#CCSc1nnc(N2C(N)=C(C#N)C(c3ccc(Cl)cc3)C3=C2CCCC3=O)s1. The van der Waals surface area contributed by atoms with Gasteiger partial charge < -0.3 is 5.73 Å². The van der Waals surface area contributed by atoms with Gasteiger partial charge in [-0.2, -0.15) is 5.26 Å². The molecule has 1 aromatic heterocycles. The summed E-state index contributed by atoms with van der Waals surface area (Å²) >= 11 is 8.78. The number of Topliss-reactive ketones (excluding diaryl/α,β-unsaturated/α-hetero) is 1. The molecule has 150 valence electrons. The van der Waals surface area contributed by atoms with Gasteiger partial charge in [-0.1, -0.05) is 52.8 Å². The second-order valence-electron chi connectivity index (χ2n) is 6.71. The number of thioether (sulfide) groups is 1. The van der Waals surface area contributed by atoms with E-state index in [1.54, 1.807) is 17.0 Å². The van der Waals surface area contributed by atoms with Crippen LogP contribution in [0.25, 0.3) is 0 Å². The monoisotopic (exact) mass is 453 g/mol.